The maximum absolute atomic E-state index is 11.3. The lowest BCUT2D eigenvalue weighted by Gasteiger charge is -2.23. The highest BCUT2D eigenvalue weighted by atomic mass is 31.2. The molecule has 0 fully saturated rings. The van der Waals surface area contributed by atoms with Crippen molar-refractivity contribution < 1.29 is 27.7 Å². The largest absolute Gasteiger partial charge is 0.499 e. The van der Waals surface area contributed by atoms with E-state index in [9.17, 15) is 9.46 Å². The molecule has 0 saturated heterocycles. The van der Waals surface area contributed by atoms with Gasteiger partial charge in [-0.3, -0.25) is 9.05 Å². The van der Waals surface area contributed by atoms with Gasteiger partial charge in [0.1, 0.15) is 19.8 Å². The molecule has 0 spiro atoms. The molecule has 0 rings (SSSR count). The molecular weight excluding hydrogens is 233 g/mol. The molecule has 0 aromatic heterocycles. The van der Waals surface area contributed by atoms with Crippen molar-refractivity contribution in [2.75, 3.05) is 47.5 Å². The number of rotatable bonds is 9. The van der Waals surface area contributed by atoms with Crippen LogP contribution in [0, 0.1) is 0 Å². The van der Waals surface area contributed by atoms with Crippen molar-refractivity contribution in [1.29, 1.82) is 0 Å². The van der Waals surface area contributed by atoms with Crippen LogP contribution in [0.25, 0.3) is 0 Å². The molecule has 0 bridgehead atoms. The molecule has 0 aliphatic rings. The summed E-state index contributed by atoms with van der Waals surface area (Å²) in [5.74, 6) is 0. The number of ether oxygens (including phenoxy) is 1. The number of hydrogen-bond acceptors (Lipinski definition) is 4. The van der Waals surface area contributed by atoms with Crippen molar-refractivity contribution in [3.05, 3.63) is 12.8 Å². The monoisotopic (exact) mass is 254 g/mol. The van der Waals surface area contributed by atoms with Crippen LogP contribution in [-0.4, -0.2) is 56.9 Å². The highest BCUT2D eigenvalue weighted by molar-refractivity contribution is 7.47. The van der Waals surface area contributed by atoms with Gasteiger partial charge in [-0.05, 0) is 0 Å². The normalized spacial score (nSPS) is 15.5. The summed E-state index contributed by atoms with van der Waals surface area (Å²) in [4.78, 5) is 9.23. The fraction of sp³-hybridized carbons (Fsp3) is 0.778. The second kappa shape index (κ2) is 7.04. The van der Waals surface area contributed by atoms with Gasteiger partial charge in [-0.2, -0.15) is 0 Å². The zero-order chi connectivity index (χ0) is 12.7. The van der Waals surface area contributed by atoms with Crippen molar-refractivity contribution >= 4 is 7.82 Å². The molecule has 0 aliphatic heterocycles. The predicted octanol–water partition coefficient (Wildman–Crippen LogP) is 0.986. The van der Waals surface area contributed by atoms with Gasteiger partial charge in [0.05, 0.1) is 34.0 Å². The molecule has 7 heteroatoms. The van der Waals surface area contributed by atoms with E-state index in [1.807, 2.05) is 21.1 Å². The summed E-state index contributed by atoms with van der Waals surface area (Å²) in [7, 11) is 1.95. The molecule has 16 heavy (non-hydrogen) atoms. The van der Waals surface area contributed by atoms with Crippen LogP contribution in [-0.2, 0) is 18.3 Å². The van der Waals surface area contributed by atoms with Gasteiger partial charge in [0.15, 0.2) is 0 Å². The lowest BCUT2D eigenvalue weighted by Crippen LogP contribution is -2.37. The molecule has 0 radical (unpaired) electrons. The zero-order valence-corrected chi connectivity index (χ0v) is 11.0. The molecule has 0 aliphatic carbocycles. The first-order chi connectivity index (χ1) is 7.27. The summed E-state index contributed by atoms with van der Waals surface area (Å²) < 4.78 is 26.1. The third kappa shape index (κ3) is 10.1. The Labute approximate surface area is 96.6 Å². The number of likely N-dealkylation sites (N-methyl/N-ethyl adjacent to an activating group) is 1. The zero-order valence-electron chi connectivity index (χ0n) is 10.1. The van der Waals surface area contributed by atoms with Crippen molar-refractivity contribution in [1.82, 2.24) is 0 Å². The Morgan fingerprint density at radius 1 is 1.25 bits per heavy atom. The van der Waals surface area contributed by atoms with Gasteiger partial charge in [0.25, 0.3) is 0 Å². The first-order valence-electron chi connectivity index (χ1n) is 4.92. The second-order valence-corrected chi connectivity index (χ2v) is 5.64. The topological polar surface area (TPSA) is 65.0 Å². The number of quaternary nitrogens is 1. The molecule has 1 unspecified atom stereocenters. The number of phosphoric ester groups is 1. The molecular formula is C9H21NO5P+. The van der Waals surface area contributed by atoms with Crippen molar-refractivity contribution in [2.45, 2.75) is 0 Å². The summed E-state index contributed by atoms with van der Waals surface area (Å²) in [6.07, 6.45) is 1.24. The minimum absolute atomic E-state index is 0.00975. The summed E-state index contributed by atoms with van der Waals surface area (Å²) >= 11 is 0. The molecule has 1 atom stereocenters. The van der Waals surface area contributed by atoms with E-state index in [4.69, 9.17) is 9.26 Å². The summed E-state index contributed by atoms with van der Waals surface area (Å²) in [5.41, 5.74) is 0. The summed E-state index contributed by atoms with van der Waals surface area (Å²) in [5, 5.41) is 0. The van der Waals surface area contributed by atoms with E-state index in [0.717, 1.165) is 0 Å². The van der Waals surface area contributed by atoms with Crippen molar-refractivity contribution in [2.24, 2.45) is 0 Å². The van der Waals surface area contributed by atoms with E-state index < -0.39 is 7.82 Å². The number of phosphoric acid groups is 1. The SMILES string of the molecule is C=COCCOP(=O)(O)OCC[N+](C)(C)C. The van der Waals surface area contributed by atoms with Crippen LogP contribution in [0.3, 0.4) is 0 Å². The van der Waals surface area contributed by atoms with Gasteiger partial charge in [-0.25, -0.2) is 4.57 Å². The molecule has 0 saturated carbocycles. The molecule has 0 aromatic rings. The molecule has 96 valence electrons. The standard InChI is InChI=1S/C9H20NO5P/c1-5-13-8-9-15-16(11,12)14-7-6-10(2,3)4/h5H,1,6-9H2,2-4H3/p+1. The first-order valence-corrected chi connectivity index (χ1v) is 6.41. The fourth-order valence-electron chi connectivity index (χ4n) is 0.751. The number of hydrogen-bond donors (Lipinski definition) is 1. The molecule has 1 N–H and O–H groups in total. The third-order valence-corrected chi connectivity index (χ3v) is 2.61. The van der Waals surface area contributed by atoms with Gasteiger partial charge in [0.2, 0.25) is 0 Å². The van der Waals surface area contributed by atoms with Crippen LogP contribution in [0.4, 0.5) is 0 Å². The van der Waals surface area contributed by atoms with Gasteiger partial charge < -0.3 is 14.1 Å². The van der Waals surface area contributed by atoms with Crippen LogP contribution in [0.5, 0.6) is 0 Å². The maximum Gasteiger partial charge on any atom is 0.472 e. The Morgan fingerprint density at radius 3 is 2.31 bits per heavy atom. The van der Waals surface area contributed by atoms with Crippen molar-refractivity contribution in [3.8, 4) is 0 Å². The summed E-state index contributed by atoms with van der Waals surface area (Å²) in [6, 6.07) is 0. The predicted molar refractivity (Wildman–Crippen MR) is 60.8 cm³/mol. The Morgan fingerprint density at radius 2 is 1.81 bits per heavy atom. The quantitative estimate of drug-likeness (QED) is 0.288. The minimum Gasteiger partial charge on any atom is -0.499 e. The second-order valence-electron chi connectivity index (χ2n) is 4.19. The third-order valence-electron chi connectivity index (χ3n) is 1.59. The first kappa shape index (κ1) is 15.6. The molecule has 6 nitrogen and oxygen atoms in total. The fourth-order valence-corrected chi connectivity index (χ4v) is 1.44. The lowest BCUT2D eigenvalue weighted by molar-refractivity contribution is -0.870. The van der Waals surface area contributed by atoms with Crippen LogP contribution >= 0.6 is 7.82 Å². The van der Waals surface area contributed by atoms with Crippen LogP contribution < -0.4 is 0 Å². The van der Waals surface area contributed by atoms with Gasteiger partial charge in [0, 0.05) is 0 Å². The van der Waals surface area contributed by atoms with E-state index >= 15 is 0 Å². The van der Waals surface area contributed by atoms with Crippen molar-refractivity contribution in [3.63, 3.8) is 0 Å². The average molecular weight is 254 g/mol. The van der Waals surface area contributed by atoms with E-state index in [1.54, 1.807) is 0 Å². The molecule has 0 aromatic carbocycles. The smallest absolute Gasteiger partial charge is 0.472 e. The van der Waals surface area contributed by atoms with Crippen LogP contribution in [0.15, 0.2) is 12.8 Å². The van der Waals surface area contributed by atoms with Gasteiger partial charge in [-0.15, -0.1) is 0 Å². The minimum atomic E-state index is -3.94. The molecule has 0 amide bonds. The van der Waals surface area contributed by atoms with Gasteiger partial charge in [-0.1, -0.05) is 6.58 Å². The molecule has 0 heterocycles. The van der Waals surface area contributed by atoms with Gasteiger partial charge >= 0.3 is 7.82 Å². The highest BCUT2D eigenvalue weighted by Gasteiger charge is 2.22. The number of nitrogens with zero attached hydrogens (tertiary/aromatic N) is 1. The Kier molecular flexibility index (Phi) is 6.87. The summed E-state index contributed by atoms with van der Waals surface area (Å²) in [6.45, 7) is 4.28. The van der Waals surface area contributed by atoms with E-state index in [2.05, 4.69) is 11.1 Å². The maximum atomic E-state index is 11.3. The van der Waals surface area contributed by atoms with Crippen LogP contribution in [0.1, 0.15) is 0 Å². The van der Waals surface area contributed by atoms with E-state index in [-0.39, 0.29) is 19.8 Å². The lowest BCUT2D eigenvalue weighted by atomic mass is 10.5. The Hall–Kier alpha value is -0.390. The van der Waals surface area contributed by atoms with Crippen LogP contribution in [0.2, 0.25) is 0 Å². The Bertz CT molecular complexity index is 251. The average Bonchev–Trinajstić information content (AvgIpc) is 2.10. The highest BCUT2D eigenvalue weighted by Crippen LogP contribution is 2.42. The van der Waals surface area contributed by atoms with E-state index in [1.165, 1.54) is 6.26 Å². The van der Waals surface area contributed by atoms with E-state index in [0.29, 0.717) is 11.0 Å². The Balaban J connectivity index is 3.70.